The van der Waals surface area contributed by atoms with Crippen LogP contribution in [0.1, 0.15) is 36.7 Å². The Morgan fingerprint density at radius 3 is 2.81 bits per heavy atom. The van der Waals surface area contributed by atoms with E-state index in [4.69, 9.17) is 0 Å². The maximum atomic E-state index is 12.9. The minimum Gasteiger partial charge on any atom is -0.345 e. The zero-order chi connectivity index (χ0) is 18.0. The number of hydrogen-bond donors (Lipinski definition) is 2. The first-order chi connectivity index (χ1) is 12.7. The molecule has 2 aliphatic rings. The van der Waals surface area contributed by atoms with Gasteiger partial charge in [-0.1, -0.05) is 30.3 Å². The van der Waals surface area contributed by atoms with E-state index in [1.807, 2.05) is 30.1 Å². The third-order valence-electron chi connectivity index (χ3n) is 5.77. The fourth-order valence-corrected chi connectivity index (χ4v) is 4.15. The van der Waals surface area contributed by atoms with Crippen molar-refractivity contribution in [3.05, 3.63) is 54.1 Å². The molecule has 1 saturated heterocycles. The first-order valence-electron chi connectivity index (χ1n) is 9.46. The van der Waals surface area contributed by atoms with Gasteiger partial charge in [0.15, 0.2) is 0 Å². The van der Waals surface area contributed by atoms with Crippen LogP contribution in [0.2, 0.25) is 0 Å². The van der Waals surface area contributed by atoms with Crippen LogP contribution in [-0.4, -0.2) is 46.5 Å². The van der Waals surface area contributed by atoms with Gasteiger partial charge in [0.05, 0.1) is 18.1 Å². The zero-order valence-electron chi connectivity index (χ0n) is 15.3. The van der Waals surface area contributed by atoms with Crippen LogP contribution in [-0.2, 0) is 17.4 Å². The standard InChI is InChI=1S/C20H27N5O/c1-24-12-11-22-19(24)17-14-21-10-13-25(17)15-18(26)23-20(8-5-9-20)16-6-3-2-4-7-16/h2-4,6-7,11-12,17,21H,5,8-10,13-15H2,1H3,(H,23,26). The quantitative estimate of drug-likeness (QED) is 0.856. The van der Waals surface area contributed by atoms with Crippen LogP contribution in [0.25, 0.3) is 0 Å². The van der Waals surface area contributed by atoms with Crippen molar-refractivity contribution in [2.75, 3.05) is 26.2 Å². The number of hydrogen-bond acceptors (Lipinski definition) is 4. The molecule has 0 spiro atoms. The van der Waals surface area contributed by atoms with Crippen LogP contribution in [0, 0.1) is 0 Å². The van der Waals surface area contributed by atoms with Crippen LogP contribution < -0.4 is 10.6 Å². The molecule has 1 saturated carbocycles. The van der Waals surface area contributed by atoms with Crippen LogP contribution in [0.3, 0.4) is 0 Å². The molecule has 1 aromatic heterocycles. The van der Waals surface area contributed by atoms with Crippen molar-refractivity contribution < 1.29 is 4.79 Å². The highest BCUT2D eigenvalue weighted by Crippen LogP contribution is 2.41. The number of aromatic nitrogens is 2. The number of nitrogens with zero attached hydrogens (tertiary/aromatic N) is 3. The highest BCUT2D eigenvalue weighted by atomic mass is 16.2. The Hall–Kier alpha value is -2.18. The molecule has 0 radical (unpaired) electrons. The number of aryl methyl sites for hydroxylation is 1. The zero-order valence-corrected chi connectivity index (χ0v) is 15.3. The first kappa shape index (κ1) is 17.2. The lowest BCUT2D eigenvalue weighted by molar-refractivity contribution is -0.126. The molecule has 2 heterocycles. The molecule has 0 bridgehead atoms. The Kier molecular flexibility index (Phi) is 4.78. The second kappa shape index (κ2) is 7.21. The second-order valence-electron chi connectivity index (χ2n) is 7.44. The minimum atomic E-state index is -0.175. The molecular weight excluding hydrogens is 326 g/mol. The van der Waals surface area contributed by atoms with E-state index in [0.29, 0.717) is 6.54 Å². The summed E-state index contributed by atoms with van der Waals surface area (Å²) in [5.74, 6) is 1.11. The fraction of sp³-hybridized carbons (Fsp3) is 0.500. The van der Waals surface area contributed by atoms with Gasteiger partial charge in [-0.3, -0.25) is 9.69 Å². The molecule has 1 atom stereocenters. The summed E-state index contributed by atoms with van der Waals surface area (Å²) in [7, 11) is 2.01. The van der Waals surface area contributed by atoms with E-state index >= 15 is 0 Å². The lowest BCUT2D eigenvalue weighted by atomic mass is 9.72. The Labute approximate surface area is 154 Å². The molecule has 1 amide bonds. The van der Waals surface area contributed by atoms with Crippen LogP contribution in [0.15, 0.2) is 42.7 Å². The average Bonchev–Trinajstić information content (AvgIpc) is 3.05. The summed E-state index contributed by atoms with van der Waals surface area (Å²) in [4.78, 5) is 19.6. The second-order valence-corrected chi connectivity index (χ2v) is 7.44. The van der Waals surface area contributed by atoms with Gasteiger partial charge in [0, 0.05) is 39.1 Å². The molecule has 6 heteroatoms. The van der Waals surface area contributed by atoms with Gasteiger partial charge in [-0.05, 0) is 24.8 Å². The molecule has 26 heavy (non-hydrogen) atoms. The Balaban J connectivity index is 1.46. The molecule has 1 aromatic carbocycles. The molecule has 1 unspecified atom stereocenters. The highest BCUT2D eigenvalue weighted by Gasteiger charge is 2.40. The van der Waals surface area contributed by atoms with E-state index in [9.17, 15) is 4.79 Å². The normalized spacial score (nSPS) is 22.6. The van der Waals surface area contributed by atoms with Crippen molar-refractivity contribution in [2.45, 2.75) is 30.8 Å². The van der Waals surface area contributed by atoms with Gasteiger partial charge in [0.2, 0.25) is 5.91 Å². The van der Waals surface area contributed by atoms with Crippen molar-refractivity contribution in [3.8, 4) is 0 Å². The lowest BCUT2D eigenvalue weighted by Gasteiger charge is -2.44. The van der Waals surface area contributed by atoms with Crippen LogP contribution in [0.5, 0.6) is 0 Å². The lowest BCUT2D eigenvalue weighted by Crippen LogP contribution is -2.55. The van der Waals surface area contributed by atoms with Crippen molar-refractivity contribution >= 4 is 5.91 Å². The van der Waals surface area contributed by atoms with E-state index in [0.717, 1.165) is 38.3 Å². The summed E-state index contributed by atoms with van der Waals surface area (Å²) in [6.45, 7) is 2.98. The Morgan fingerprint density at radius 2 is 2.15 bits per heavy atom. The topological polar surface area (TPSA) is 62.2 Å². The van der Waals surface area contributed by atoms with E-state index in [1.165, 1.54) is 12.0 Å². The highest BCUT2D eigenvalue weighted by molar-refractivity contribution is 5.79. The van der Waals surface area contributed by atoms with E-state index < -0.39 is 0 Å². The SMILES string of the molecule is Cn1ccnc1C1CNCCN1CC(=O)NC1(c2ccccc2)CCC1. The molecule has 1 aliphatic heterocycles. The number of benzene rings is 1. The summed E-state index contributed by atoms with van der Waals surface area (Å²) in [5.41, 5.74) is 1.05. The van der Waals surface area contributed by atoms with Crippen LogP contribution in [0.4, 0.5) is 0 Å². The minimum absolute atomic E-state index is 0.106. The number of carbonyl (C=O) groups is 1. The number of amides is 1. The van der Waals surface area contributed by atoms with Crippen molar-refractivity contribution in [1.82, 2.24) is 25.1 Å². The molecule has 6 nitrogen and oxygen atoms in total. The van der Waals surface area contributed by atoms with Gasteiger partial charge >= 0.3 is 0 Å². The summed E-state index contributed by atoms with van der Waals surface area (Å²) < 4.78 is 2.04. The van der Waals surface area contributed by atoms with E-state index in [2.05, 4.69) is 44.8 Å². The summed E-state index contributed by atoms with van der Waals surface area (Å²) in [6.07, 6.45) is 6.99. The van der Waals surface area contributed by atoms with Gasteiger partial charge in [-0.25, -0.2) is 4.98 Å². The van der Waals surface area contributed by atoms with Crippen LogP contribution >= 0.6 is 0 Å². The summed E-state index contributed by atoms with van der Waals surface area (Å²) in [5, 5.41) is 6.77. The Bertz CT molecular complexity index is 753. The predicted molar refractivity (Wildman–Crippen MR) is 101 cm³/mol. The molecule has 2 aromatic rings. The third kappa shape index (κ3) is 3.27. The predicted octanol–water partition coefficient (Wildman–Crippen LogP) is 1.56. The van der Waals surface area contributed by atoms with E-state index in [1.54, 1.807) is 0 Å². The largest absolute Gasteiger partial charge is 0.345 e. The maximum Gasteiger partial charge on any atom is 0.234 e. The van der Waals surface area contributed by atoms with Crippen molar-refractivity contribution in [1.29, 1.82) is 0 Å². The Morgan fingerprint density at radius 1 is 1.35 bits per heavy atom. The summed E-state index contributed by atoms with van der Waals surface area (Å²) in [6, 6.07) is 10.5. The van der Waals surface area contributed by atoms with Crippen molar-refractivity contribution in [2.24, 2.45) is 7.05 Å². The van der Waals surface area contributed by atoms with Gasteiger partial charge in [0.25, 0.3) is 0 Å². The number of piperazine rings is 1. The maximum absolute atomic E-state index is 12.9. The molecule has 4 rings (SSSR count). The van der Waals surface area contributed by atoms with Gasteiger partial charge in [-0.15, -0.1) is 0 Å². The third-order valence-corrected chi connectivity index (χ3v) is 5.77. The molecule has 1 aliphatic carbocycles. The number of imidazole rings is 1. The van der Waals surface area contributed by atoms with Gasteiger partial charge in [0.1, 0.15) is 5.82 Å². The molecule has 2 N–H and O–H groups in total. The van der Waals surface area contributed by atoms with Gasteiger partial charge < -0.3 is 15.2 Å². The number of rotatable bonds is 5. The fourth-order valence-electron chi connectivity index (χ4n) is 4.15. The molecular formula is C20H27N5O. The smallest absolute Gasteiger partial charge is 0.234 e. The number of nitrogens with one attached hydrogen (secondary N) is 2. The van der Waals surface area contributed by atoms with Crippen molar-refractivity contribution in [3.63, 3.8) is 0 Å². The molecule has 138 valence electrons. The summed E-state index contributed by atoms with van der Waals surface area (Å²) >= 11 is 0. The monoisotopic (exact) mass is 353 g/mol. The first-order valence-corrected chi connectivity index (χ1v) is 9.46. The van der Waals surface area contributed by atoms with E-state index in [-0.39, 0.29) is 17.5 Å². The van der Waals surface area contributed by atoms with Gasteiger partial charge in [-0.2, -0.15) is 0 Å². The average molecular weight is 353 g/mol. The number of carbonyl (C=O) groups excluding carboxylic acids is 1. The molecule has 2 fully saturated rings.